The molecule has 0 aromatic heterocycles. The van der Waals surface area contributed by atoms with Crippen LogP contribution in [0.2, 0.25) is 0 Å². The highest BCUT2D eigenvalue weighted by atomic mass is 19.1. The zero-order valence-electron chi connectivity index (χ0n) is 14.7. The second-order valence-electron chi connectivity index (χ2n) is 7.15. The van der Waals surface area contributed by atoms with Gasteiger partial charge in [-0.3, -0.25) is 0 Å². The van der Waals surface area contributed by atoms with Gasteiger partial charge in [0.2, 0.25) is 0 Å². The lowest BCUT2D eigenvalue weighted by molar-refractivity contribution is 0.392. The lowest BCUT2D eigenvalue weighted by Crippen LogP contribution is -2.31. The third kappa shape index (κ3) is 3.11. The van der Waals surface area contributed by atoms with E-state index in [4.69, 9.17) is 9.47 Å². The van der Waals surface area contributed by atoms with Gasteiger partial charge >= 0.3 is 0 Å². The van der Waals surface area contributed by atoms with Crippen molar-refractivity contribution in [3.63, 3.8) is 0 Å². The first-order chi connectivity index (χ1) is 12.2. The highest BCUT2D eigenvalue weighted by molar-refractivity contribution is 5.43. The van der Waals surface area contributed by atoms with Gasteiger partial charge < -0.3 is 14.8 Å². The molecule has 4 rings (SSSR count). The molecule has 2 fully saturated rings. The number of ether oxygens (including phenoxy) is 2. The van der Waals surface area contributed by atoms with Crippen molar-refractivity contribution < 1.29 is 13.9 Å². The topological polar surface area (TPSA) is 30.5 Å². The Bertz CT molecular complexity index is 772. The van der Waals surface area contributed by atoms with Crippen molar-refractivity contribution >= 4 is 0 Å². The van der Waals surface area contributed by atoms with Crippen LogP contribution in [0, 0.1) is 11.7 Å². The van der Waals surface area contributed by atoms with Crippen LogP contribution < -0.4 is 14.8 Å². The third-order valence-electron chi connectivity index (χ3n) is 5.59. The van der Waals surface area contributed by atoms with Crippen LogP contribution in [0.1, 0.15) is 36.3 Å². The van der Waals surface area contributed by atoms with Gasteiger partial charge in [-0.1, -0.05) is 18.2 Å². The van der Waals surface area contributed by atoms with Crippen molar-refractivity contribution in [2.24, 2.45) is 5.92 Å². The Kier molecular flexibility index (Phi) is 4.16. The normalized spacial score (nSPS) is 23.2. The summed E-state index contributed by atoms with van der Waals surface area (Å²) in [7, 11) is 3.37. The number of halogens is 1. The van der Waals surface area contributed by atoms with Crippen molar-refractivity contribution in [3.05, 3.63) is 59.4 Å². The quantitative estimate of drug-likeness (QED) is 0.818. The van der Waals surface area contributed by atoms with Crippen LogP contribution in [-0.4, -0.2) is 20.8 Å². The van der Waals surface area contributed by atoms with E-state index in [1.165, 1.54) is 11.6 Å². The van der Waals surface area contributed by atoms with Gasteiger partial charge in [0.1, 0.15) is 17.3 Å². The van der Waals surface area contributed by atoms with E-state index >= 15 is 0 Å². The minimum atomic E-state index is -0.193. The molecule has 0 spiro atoms. The predicted molar refractivity (Wildman–Crippen MR) is 95.7 cm³/mol. The zero-order chi connectivity index (χ0) is 17.4. The second kappa shape index (κ2) is 6.34. The lowest BCUT2D eigenvalue weighted by Gasteiger charge is -2.20. The van der Waals surface area contributed by atoms with Crippen LogP contribution in [0.3, 0.4) is 0 Å². The Balaban J connectivity index is 1.43. The molecule has 1 N–H and O–H groups in total. The van der Waals surface area contributed by atoms with Crippen LogP contribution in [0.5, 0.6) is 11.5 Å². The van der Waals surface area contributed by atoms with E-state index in [0.717, 1.165) is 42.9 Å². The molecule has 0 saturated heterocycles. The molecule has 3 nitrogen and oxygen atoms in total. The number of nitrogens with one attached hydrogen (secondary N) is 1. The number of methoxy groups -OCH3 is 2. The summed E-state index contributed by atoms with van der Waals surface area (Å²) < 4.78 is 24.5. The van der Waals surface area contributed by atoms with Crippen molar-refractivity contribution in [2.45, 2.75) is 30.7 Å². The second-order valence-corrected chi connectivity index (χ2v) is 7.15. The van der Waals surface area contributed by atoms with Crippen molar-refractivity contribution in [3.8, 4) is 11.5 Å². The Hall–Kier alpha value is -2.07. The first-order valence-corrected chi connectivity index (χ1v) is 8.89. The summed E-state index contributed by atoms with van der Waals surface area (Å²) >= 11 is 0. The van der Waals surface area contributed by atoms with Crippen molar-refractivity contribution in [1.82, 2.24) is 5.32 Å². The average Bonchev–Trinajstić information content (AvgIpc) is 3.55. The van der Waals surface area contributed by atoms with Gasteiger partial charge in [0, 0.05) is 16.7 Å². The maximum Gasteiger partial charge on any atom is 0.123 e. The average molecular weight is 341 g/mol. The third-order valence-corrected chi connectivity index (χ3v) is 5.59. The fraction of sp³-hybridized carbons (Fsp3) is 0.429. The minimum absolute atomic E-state index is 0.0474. The van der Waals surface area contributed by atoms with Gasteiger partial charge in [0.25, 0.3) is 0 Å². The van der Waals surface area contributed by atoms with Crippen LogP contribution >= 0.6 is 0 Å². The van der Waals surface area contributed by atoms with E-state index in [1.54, 1.807) is 26.4 Å². The molecule has 2 aromatic carbocycles. The first-order valence-electron chi connectivity index (χ1n) is 8.89. The van der Waals surface area contributed by atoms with E-state index in [0.29, 0.717) is 11.8 Å². The molecule has 0 radical (unpaired) electrons. The molecule has 0 heterocycles. The molecular weight excluding hydrogens is 317 g/mol. The zero-order valence-corrected chi connectivity index (χ0v) is 14.7. The van der Waals surface area contributed by atoms with Gasteiger partial charge in [0.05, 0.1) is 14.2 Å². The largest absolute Gasteiger partial charge is 0.496 e. The standard InChI is InChI=1S/C21H24FNO2/c1-24-19-8-7-15(22)12-17(19)16-11-14(16)13-23-21(9-10-21)18-5-3-4-6-20(18)25-2/h3-8,12,14,16,23H,9-11,13H2,1-2H3. The Labute approximate surface area is 148 Å². The summed E-state index contributed by atoms with van der Waals surface area (Å²) in [6.45, 7) is 0.933. The molecule has 0 amide bonds. The maximum absolute atomic E-state index is 13.6. The van der Waals surface area contributed by atoms with E-state index in [9.17, 15) is 4.39 Å². The highest BCUT2D eigenvalue weighted by Crippen LogP contribution is 2.53. The Morgan fingerprint density at radius 1 is 1.08 bits per heavy atom. The molecule has 2 aliphatic rings. The monoisotopic (exact) mass is 341 g/mol. The van der Waals surface area contributed by atoms with Crippen molar-refractivity contribution in [2.75, 3.05) is 20.8 Å². The fourth-order valence-corrected chi connectivity index (χ4v) is 3.88. The lowest BCUT2D eigenvalue weighted by atomic mass is 10.0. The van der Waals surface area contributed by atoms with Crippen LogP contribution in [0.4, 0.5) is 4.39 Å². The van der Waals surface area contributed by atoms with E-state index in [-0.39, 0.29) is 11.4 Å². The molecule has 0 bridgehead atoms. The van der Waals surface area contributed by atoms with Gasteiger partial charge in [-0.05, 0) is 61.9 Å². The summed E-state index contributed by atoms with van der Waals surface area (Å²) in [5, 5.41) is 3.76. The molecular formula is C21H24FNO2. The number of hydrogen-bond acceptors (Lipinski definition) is 3. The summed E-state index contributed by atoms with van der Waals surface area (Å²) in [6.07, 6.45) is 3.34. The molecule has 2 aliphatic carbocycles. The van der Waals surface area contributed by atoms with Gasteiger partial charge in [0.15, 0.2) is 0 Å². The molecule has 25 heavy (non-hydrogen) atoms. The number of hydrogen-bond donors (Lipinski definition) is 1. The molecule has 132 valence electrons. The SMILES string of the molecule is COc1ccc(F)cc1C1CC1CNC1(c2ccccc2OC)CC1. The van der Waals surface area contributed by atoms with Crippen molar-refractivity contribution in [1.29, 1.82) is 0 Å². The number of benzene rings is 2. The Morgan fingerprint density at radius 2 is 1.84 bits per heavy atom. The van der Waals surface area contributed by atoms with Crippen LogP contribution in [-0.2, 0) is 5.54 Å². The smallest absolute Gasteiger partial charge is 0.123 e. The summed E-state index contributed by atoms with van der Waals surface area (Å²) in [5.74, 6) is 2.46. The van der Waals surface area contributed by atoms with Gasteiger partial charge in [-0.2, -0.15) is 0 Å². The molecule has 4 heteroatoms. The molecule has 2 aromatic rings. The van der Waals surface area contributed by atoms with E-state index in [2.05, 4.69) is 17.4 Å². The van der Waals surface area contributed by atoms with Gasteiger partial charge in [-0.15, -0.1) is 0 Å². The first kappa shape index (κ1) is 16.4. The maximum atomic E-state index is 13.6. The molecule has 2 saturated carbocycles. The van der Waals surface area contributed by atoms with Gasteiger partial charge in [-0.25, -0.2) is 4.39 Å². The molecule has 2 atom stereocenters. The van der Waals surface area contributed by atoms with E-state index in [1.807, 2.05) is 12.1 Å². The summed E-state index contributed by atoms with van der Waals surface area (Å²) in [6, 6.07) is 13.1. The molecule has 2 unspecified atom stereocenters. The highest BCUT2D eigenvalue weighted by Gasteiger charge is 2.48. The predicted octanol–water partition coefficient (Wildman–Crippen LogP) is 4.23. The fourth-order valence-electron chi connectivity index (χ4n) is 3.88. The Morgan fingerprint density at radius 3 is 2.56 bits per heavy atom. The van der Waals surface area contributed by atoms with E-state index < -0.39 is 0 Å². The summed E-state index contributed by atoms with van der Waals surface area (Å²) in [4.78, 5) is 0. The minimum Gasteiger partial charge on any atom is -0.496 e. The molecule has 0 aliphatic heterocycles. The van der Waals surface area contributed by atoms with Crippen LogP contribution in [0.15, 0.2) is 42.5 Å². The number of para-hydroxylation sites is 1. The van der Waals surface area contributed by atoms with Crippen LogP contribution in [0.25, 0.3) is 0 Å². The summed E-state index contributed by atoms with van der Waals surface area (Å²) in [5.41, 5.74) is 2.29. The number of rotatable bonds is 7.